The minimum Gasteiger partial charge on any atom is -0.444 e. The molecule has 0 spiro atoms. The Kier molecular flexibility index (Phi) is 3.85. The first-order valence-electron chi connectivity index (χ1n) is 5.56. The molecule has 2 aromatic heterocycles. The zero-order valence-corrected chi connectivity index (χ0v) is 11.2. The van der Waals surface area contributed by atoms with Gasteiger partial charge in [0.1, 0.15) is 17.6 Å². The van der Waals surface area contributed by atoms with E-state index in [1.54, 1.807) is 13.8 Å². The van der Waals surface area contributed by atoms with E-state index in [0.717, 1.165) is 6.07 Å². The van der Waals surface area contributed by atoms with Gasteiger partial charge in [-0.05, 0) is 25.4 Å². The zero-order valence-electron chi connectivity index (χ0n) is 10.5. The molecular weight excluding hydrogens is 297 g/mol. The molecule has 0 aromatic carbocycles. The van der Waals surface area contributed by atoms with Crippen LogP contribution in [-0.2, 0) is 6.18 Å². The first-order valence-corrected chi connectivity index (χ1v) is 5.94. The second-order valence-corrected chi connectivity index (χ2v) is 4.42. The predicted molar refractivity (Wildman–Crippen MR) is 65.3 cm³/mol. The molecule has 0 bridgehead atoms. The van der Waals surface area contributed by atoms with Crippen LogP contribution in [-0.4, -0.2) is 15.0 Å². The fourth-order valence-corrected chi connectivity index (χ4v) is 1.68. The Morgan fingerprint density at radius 1 is 1.35 bits per heavy atom. The van der Waals surface area contributed by atoms with Crippen molar-refractivity contribution in [3.8, 4) is 0 Å². The lowest BCUT2D eigenvalue weighted by Crippen LogP contribution is -2.13. The van der Waals surface area contributed by atoms with Gasteiger partial charge in [0.2, 0.25) is 11.2 Å². The molecule has 0 aliphatic heterocycles. The smallest absolute Gasteiger partial charge is 0.433 e. The van der Waals surface area contributed by atoms with E-state index in [4.69, 9.17) is 16.0 Å². The van der Waals surface area contributed by atoms with Gasteiger partial charge < -0.3 is 9.73 Å². The average Bonchev–Trinajstić information content (AvgIpc) is 2.74. The number of oxazole rings is 1. The van der Waals surface area contributed by atoms with Crippen molar-refractivity contribution in [3.63, 3.8) is 0 Å². The molecule has 2 heterocycles. The van der Waals surface area contributed by atoms with Crippen molar-refractivity contribution in [3.05, 3.63) is 34.9 Å². The number of aryl methyl sites for hydroxylation is 1. The van der Waals surface area contributed by atoms with Gasteiger partial charge in [-0.15, -0.1) is 0 Å². The van der Waals surface area contributed by atoms with Gasteiger partial charge in [0.25, 0.3) is 0 Å². The average molecular weight is 307 g/mol. The Morgan fingerprint density at radius 3 is 2.60 bits per heavy atom. The van der Waals surface area contributed by atoms with Crippen molar-refractivity contribution in [2.75, 3.05) is 5.32 Å². The molecule has 2 rings (SSSR count). The molecular formula is C11H10ClF3N4O. The fourth-order valence-electron chi connectivity index (χ4n) is 1.49. The van der Waals surface area contributed by atoms with Gasteiger partial charge in [-0.25, -0.2) is 15.0 Å². The van der Waals surface area contributed by atoms with Crippen molar-refractivity contribution < 1.29 is 17.6 Å². The van der Waals surface area contributed by atoms with Crippen LogP contribution in [0.3, 0.4) is 0 Å². The number of alkyl halides is 3. The number of halogens is 4. The second-order valence-electron chi connectivity index (χ2n) is 4.08. The maximum atomic E-state index is 12.6. The minimum atomic E-state index is -4.59. The molecule has 5 nitrogen and oxygen atoms in total. The summed E-state index contributed by atoms with van der Waals surface area (Å²) in [7, 11) is 0. The lowest BCUT2D eigenvalue weighted by molar-refractivity contribution is -0.141. The Balaban J connectivity index is 2.23. The summed E-state index contributed by atoms with van der Waals surface area (Å²) in [5.74, 6) is 0.886. The maximum absolute atomic E-state index is 12.6. The van der Waals surface area contributed by atoms with Crippen LogP contribution >= 0.6 is 11.6 Å². The molecule has 1 N–H and O–H groups in total. The third-order valence-corrected chi connectivity index (χ3v) is 2.53. The van der Waals surface area contributed by atoms with E-state index in [-0.39, 0.29) is 5.82 Å². The summed E-state index contributed by atoms with van der Waals surface area (Å²) in [5, 5.41) is 2.25. The minimum absolute atomic E-state index is 0.0549. The third-order valence-electron chi connectivity index (χ3n) is 2.36. The molecule has 0 fully saturated rings. The van der Waals surface area contributed by atoms with E-state index in [2.05, 4.69) is 20.3 Å². The lowest BCUT2D eigenvalue weighted by Gasteiger charge is -2.13. The van der Waals surface area contributed by atoms with Crippen LogP contribution in [0.25, 0.3) is 0 Å². The van der Waals surface area contributed by atoms with E-state index in [9.17, 15) is 13.2 Å². The van der Waals surface area contributed by atoms with Crippen LogP contribution in [0.15, 0.2) is 16.7 Å². The summed E-state index contributed by atoms with van der Waals surface area (Å²) in [6.07, 6.45) is -3.08. The number of nitrogens with one attached hydrogen (secondary N) is 1. The van der Waals surface area contributed by atoms with Crippen molar-refractivity contribution >= 4 is 17.4 Å². The standard InChI is InChI=1S/C11H10ClF3N4O/c1-5-4-16-9(20-5)6(2)17-8-3-7(11(13,14)15)18-10(12)19-8/h3-4,6H,1-2H3,(H,17,18,19). The van der Waals surface area contributed by atoms with Gasteiger partial charge in [-0.3, -0.25) is 0 Å². The molecule has 20 heavy (non-hydrogen) atoms. The van der Waals surface area contributed by atoms with E-state index in [1.807, 2.05) is 0 Å². The van der Waals surface area contributed by atoms with Gasteiger partial charge >= 0.3 is 6.18 Å². The number of anilines is 1. The molecule has 0 radical (unpaired) electrons. The van der Waals surface area contributed by atoms with Crippen LogP contribution < -0.4 is 5.32 Å². The highest BCUT2D eigenvalue weighted by Crippen LogP contribution is 2.30. The van der Waals surface area contributed by atoms with Crippen molar-refractivity contribution in [1.29, 1.82) is 0 Å². The summed E-state index contributed by atoms with van der Waals surface area (Å²) in [6.45, 7) is 3.39. The second kappa shape index (κ2) is 5.28. The molecule has 0 aliphatic rings. The normalized spacial score (nSPS) is 13.3. The predicted octanol–water partition coefficient (Wildman–Crippen LogP) is 3.62. The number of nitrogens with zero attached hydrogens (tertiary/aromatic N) is 3. The van der Waals surface area contributed by atoms with Crippen molar-refractivity contribution in [2.24, 2.45) is 0 Å². The van der Waals surface area contributed by atoms with Gasteiger partial charge in [0.15, 0.2) is 5.69 Å². The Labute approximate surface area is 117 Å². The summed E-state index contributed by atoms with van der Waals surface area (Å²) >= 11 is 5.49. The first-order chi connectivity index (χ1) is 9.25. The highest BCUT2D eigenvalue weighted by atomic mass is 35.5. The Morgan fingerprint density at radius 2 is 2.05 bits per heavy atom. The van der Waals surface area contributed by atoms with Gasteiger partial charge in [-0.1, -0.05) is 0 Å². The van der Waals surface area contributed by atoms with Crippen molar-refractivity contribution in [1.82, 2.24) is 15.0 Å². The molecule has 0 saturated carbocycles. The van der Waals surface area contributed by atoms with Gasteiger partial charge in [-0.2, -0.15) is 13.2 Å². The maximum Gasteiger partial charge on any atom is 0.433 e. The van der Waals surface area contributed by atoms with E-state index < -0.39 is 23.2 Å². The molecule has 1 unspecified atom stereocenters. The van der Waals surface area contributed by atoms with Crippen LogP contribution in [0.1, 0.15) is 30.3 Å². The summed E-state index contributed by atoms with van der Waals surface area (Å²) in [5.41, 5.74) is -1.12. The van der Waals surface area contributed by atoms with Crippen LogP contribution in [0.5, 0.6) is 0 Å². The third kappa shape index (κ3) is 3.38. The molecule has 0 aliphatic carbocycles. The summed E-state index contributed by atoms with van der Waals surface area (Å²) < 4.78 is 43.1. The Bertz CT molecular complexity index is 614. The van der Waals surface area contributed by atoms with Crippen LogP contribution in [0.4, 0.5) is 19.0 Å². The largest absolute Gasteiger partial charge is 0.444 e. The number of rotatable bonds is 3. The Hall–Kier alpha value is -1.83. The molecule has 9 heteroatoms. The van der Waals surface area contributed by atoms with E-state index >= 15 is 0 Å². The monoisotopic (exact) mass is 306 g/mol. The molecule has 0 amide bonds. The molecule has 0 saturated heterocycles. The van der Waals surface area contributed by atoms with E-state index in [0.29, 0.717) is 11.7 Å². The number of hydrogen-bond donors (Lipinski definition) is 1. The van der Waals surface area contributed by atoms with Crippen LogP contribution in [0.2, 0.25) is 5.28 Å². The van der Waals surface area contributed by atoms with Gasteiger partial charge in [0, 0.05) is 6.07 Å². The quantitative estimate of drug-likeness (QED) is 0.877. The van der Waals surface area contributed by atoms with Gasteiger partial charge in [0.05, 0.1) is 6.20 Å². The summed E-state index contributed by atoms with van der Waals surface area (Å²) in [4.78, 5) is 10.8. The first kappa shape index (κ1) is 14.6. The van der Waals surface area contributed by atoms with Crippen molar-refractivity contribution in [2.45, 2.75) is 26.1 Å². The SMILES string of the molecule is Cc1cnc(C(C)Nc2cc(C(F)(F)F)nc(Cl)n2)o1. The number of hydrogen-bond acceptors (Lipinski definition) is 5. The van der Waals surface area contributed by atoms with Crippen LogP contribution in [0, 0.1) is 6.92 Å². The van der Waals surface area contributed by atoms with E-state index in [1.165, 1.54) is 6.20 Å². The fraction of sp³-hybridized carbons (Fsp3) is 0.364. The molecule has 2 aromatic rings. The highest BCUT2D eigenvalue weighted by molar-refractivity contribution is 6.28. The summed E-state index contributed by atoms with van der Waals surface area (Å²) in [6, 6.07) is 0.314. The zero-order chi connectivity index (χ0) is 14.9. The topological polar surface area (TPSA) is 63.8 Å². The number of aromatic nitrogens is 3. The molecule has 108 valence electrons. The lowest BCUT2D eigenvalue weighted by atomic mass is 10.3. The highest BCUT2D eigenvalue weighted by Gasteiger charge is 2.33. The molecule has 1 atom stereocenters.